The monoisotopic (exact) mass is 349 g/mol. The van der Waals surface area contributed by atoms with Crippen LogP contribution in [0.3, 0.4) is 0 Å². The van der Waals surface area contributed by atoms with Gasteiger partial charge < -0.3 is 18.9 Å². The summed E-state index contributed by atoms with van der Waals surface area (Å²) in [5.74, 6) is 0. The summed E-state index contributed by atoms with van der Waals surface area (Å²) in [6.07, 6.45) is 5.11. The molecule has 0 radical (unpaired) electrons. The number of hydrogen-bond donors (Lipinski definition) is 0. The molecule has 1 amide bonds. The zero-order valence-electron chi connectivity index (χ0n) is 16.8. The molecule has 0 aromatic carbocycles. The van der Waals surface area contributed by atoms with Gasteiger partial charge in [0.05, 0.1) is 11.2 Å². The number of rotatable bonds is 1. The number of allylic oxidation sites excluding steroid dienone is 2. The van der Waals surface area contributed by atoms with E-state index in [-0.39, 0.29) is 29.8 Å². The minimum Gasteiger partial charge on any atom is -0.444 e. The second-order valence-electron chi connectivity index (χ2n) is 9.81. The van der Waals surface area contributed by atoms with Crippen LogP contribution in [0, 0.1) is 5.41 Å². The Kier molecular flexibility index (Phi) is 4.32. The summed E-state index contributed by atoms with van der Waals surface area (Å²) >= 11 is 0. The van der Waals surface area contributed by atoms with Crippen molar-refractivity contribution in [2.24, 2.45) is 5.41 Å². The fourth-order valence-corrected chi connectivity index (χ4v) is 3.70. The summed E-state index contributed by atoms with van der Waals surface area (Å²) in [4.78, 5) is 14.0. The Balaban J connectivity index is 1.56. The molecule has 140 valence electrons. The highest BCUT2D eigenvalue weighted by Gasteiger charge is 2.55. The number of hydrogen-bond acceptors (Lipinski definition) is 4. The van der Waals surface area contributed by atoms with Gasteiger partial charge in [-0.3, -0.25) is 0 Å². The van der Waals surface area contributed by atoms with Gasteiger partial charge >= 0.3 is 13.2 Å². The third-order valence-electron chi connectivity index (χ3n) is 6.01. The second kappa shape index (κ2) is 5.75. The van der Waals surface area contributed by atoms with E-state index in [1.165, 1.54) is 5.47 Å². The maximum absolute atomic E-state index is 12.2. The van der Waals surface area contributed by atoms with Crippen molar-refractivity contribution in [2.75, 3.05) is 13.1 Å². The molecule has 1 spiro atoms. The fourth-order valence-electron chi connectivity index (χ4n) is 3.70. The number of likely N-dealkylation sites (tertiary alicyclic amines) is 1. The molecule has 2 heterocycles. The van der Waals surface area contributed by atoms with Crippen LogP contribution in [0.2, 0.25) is 0 Å². The predicted octanol–water partition coefficient (Wildman–Crippen LogP) is 3.97. The van der Waals surface area contributed by atoms with E-state index in [9.17, 15) is 4.79 Å². The van der Waals surface area contributed by atoms with Crippen molar-refractivity contribution >= 4 is 13.2 Å². The Labute approximate surface area is 152 Å². The largest absolute Gasteiger partial charge is 0.490 e. The molecule has 0 aromatic heterocycles. The second-order valence-corrected chi connectivity index (χ2v) is 9.81. The van der Waals surface area contributed by atoms with Gasteiger partial charge in [-0.25, -0.2) is 4.79 Å². The highest BCUT2D eigenvalue weighted by Crippen LogP contribution is 2.51. The van der Waals surface area contributed by atoms with Gasteiger partial charge in [0, 0.05) is 13.1 Å². The van der Waals surface area contributed by atoms with Gasteiger partial charge in [-0.05, 0) is 78.6 Å². The molecule has 0 atom stereocenters. The summed E-state index contributed by atoms with van der Waals surface area (Å²) in [5.41, 5.74) is 0.441. The first-order valence-electron chi connectivity index (χ1n) is 9.38. The maximum Gasteiger partial charge on any atom is 0.490 e. The lowest BCUT2D eigenvalue weighted by Gasteiger charge is -2.46. The van der Waals surface area contributed by atoms with Crippen LogP contribution in [0.5, 0.6) is 0 Å². The van der Waals surface area contributed by atoms with Crippen molar-refractivity contribution in [3.63, 3.8) is 0 Å². The van der Waals surface area contributed by atoms with Crippen molar-refractivity contribution in [1.82, 2.24) is 4.90 Å². The fraction of sp³-hybridized carbons (Fsp3) is 0.842. The van der Waals surface area contributed by atoms with E-state index in [2.05, 4.69) is 33.8 Å². The lowest BCUT2D eigenvalue weighted by molar-refractivity contribution is 0.00578. The van der Waals surface area contributed by atoms with Crippen LogP contribution in [-0.2, 0) is 14.0 Å². The normalized spacial score (nSPS) is 27.1. The average Bonchev–Trinajstić information content (AvgIpc) is 2.62. The number of ether oxygens (including phenoxy) is 1. The van der Waals surface area contributed by atoms with Gasteiger partial charge in [-0.15, -0.1) is 0 Å². The first kappa shape index (κ1) is 18.8. The molecular weight excluding hydrogens is 317 g/mol. The molecule has 3 aliphatic rings. The summed E-state index contributed by atoms with van der Waals surface area (Å²) in [5, 5.41) is 0. The van der Waals surface area contributed by atoms with Crippen LogP contribution in [0.25, 0.3) is 0 Å². The van der Waals surface area contributed by atoms with Gasteiger partial charge in [0.25, 0.3) is 0 Å². The zero-order valence-corrected chi connectivity index (χ0v) is 16.8. The summed E-state index contributed by atoms with van der Waals surface area (Å²) in [6, 6.07) is 0. The van der Waals surface area contributed by atoms with Crippen LogP contribution in [0.4, 0.5) is 4.79 Å². The van der Waals surface area contributed by atoms with Crippen molar-refractivity contribution < 1.29 is 18.8 Å². The summed E-state index contributed by atoms with van der Waals surface area (Å²) < 4.78 is 17.8. The minimum atomic E-state index is -0.438. The standard InChI is InChI=1S/C19H32BNO4/c1-16(2,3)23-15(22)21-10-8-19(9-11-21)12-14(13-19)20-24-17(4,5)18(6,7)25-20/h12H,8-11,13H2,1-7H3. The molecule has 6 heteroatoms. The number of nitrogens with zero attached hydrogens (tertiary/aromatic N) is 1. The summed E-state index contributed by atoms with van der Waals surface area (Å²) in [6.45, 7) is 15.6. The predicted molar refractivity (Wildman–Crippen MR) is 98.3 cm³/mol. The van der Waals surface area contributed by atoms with E-state index in [4.69, 9.17) is 14.0 Å². The van der Waals surface area contributed by atoms with Crippen LogP contribution >= 0.6 is 0 Å². The molecule has 0 bridgehead atoms. The van der Waals surface area contributed by atoms with Crippen LogP contribution in [0.1, 0.15) is 67.7 Å². The molecule has 25 heavy (non-hydrogen) atoms. The Morgan fingerprint density at radius 2 is 1.60 bits per heavy atom. The SMILES string of the molecule is CC(C)(C)OC(=O)N1CCC2(C=C(B3OC(C)(C)C(C)(C)O3)C2)CC1. The lowest BCUT2D eigenvalue weighted by Crippen LogP contribution is -2.48. The van der Waals surface area contributed by atoms with Gasteiger partial charge in [-0.2, -0.15) is 0 Å². The van der Waals surface area contributed by atoms with Gasteiger partial charge in [0.2, 0.25) is 0 Å². The van der Waals surface area contributed by atoms with Crippen molar-refractivity contribution in [3.8, 4) is 0 Å². The molecule has 2 aliphatic heterocycles. The molecule has 0 saturated carbocycles. The smallest absolute Gasteiger partial charge is 0.444 e. The Morgan fingerprint density at radius 1 is 1.12 bits per heavy atom. The molecule has 0 aromatic rings. The molecule has 0 N–H and O–H groups in total. The molecular formula is C19H32BNO4. The van der Waals surface area contributed by atoms with E-state index >= 15 is 0 Å². The Hall–Kier alpha value is -1.01. The Morgan fingerprint density at radius 3 is 2.04 bits per heavy atom. The molecule has 3 rings (SSSR count). The van der Waals surface area contributed by atoms with Gasteiger partial charge in [-0.1, -0.05) is 6.08 Å². The highest BCUT2D eigenvalue weighted by molar-refractivity contribution is 6.55. The topological polar surface area (TPSA) is 48.0 Å². The highest BCUT2D eigenvalue weighted by atomic mass is 16.7. The van der Waals surface area contributed by atoms with E-state index in [1.807, 2.05) is 25.7 Å². The van der Waals surface area contributed by atoms with Crippen molar-refractivity contribution in [3.05, 3.63) is 11.5 Å². The van der Waals surface area contributed by atoms with Crippen LogP contribution in [-0.4, -0.2) is 48.0 Å². The average molecular weight is 349 g/mol. The number of carbonyl (C=O) groups is 1. The first-order chi connectivity index (χ1) is 11.3. The van der Waals surface area contributed by atoms with E-state index in [1.54, 1.807) is 0 Å². The summed E-state index contributed by atoms with van der Waals surface area (Å²) in [7, 11) is -0.223. The lowest BCUT2D eigenvalue weighted by atomic mass is 9.55. The molecule has 5 nitrogen and oxygen atoms in total. The number of amides is 1. The molecule has 0 unspecified atom stereocenters. The maximum atomic E-state index is 12.2. The van der Waals surface area contributed by atoms with Gasteiger partial charge in [0.1, 0.15) is 5.60 Å². The minimum absolute atomic E-state index is 0.197. The molecule has 2 saturated heterocycles. The van der Waals surface area contributed by atoms with Crippen LogP contribution in [0.15, 0.2) is 11.5 Å². The van der Waals surface area contributed by atoms with Crippen molar-refractivity contribution in [2.45, 2.75) is 84.5 Å². The quantitative estimate of drug-likeness (QED) is 0.672. The van der Waals surface area contributed by atoms with Crippen LogP contribution < -0.4 is 0 Å². The molecule has 1 aliphatic carbocycles. The third-order valence-corrected chi connectivity index (χ3v) is 6.01. The first-order valence-corrected chi connectivity index (χ1v) is 9.38. The van der Waals surface area contributed by atoms with E-state index in [0.29, 0.717) is 0 Å². The van der Waals surface area contributed by atoms with E-state index < -0.39 is 5.60 Å². The third kappa shape index (κ3) is 3.61. The number of piperidine rings is 1. The molecule has 2 fully saturated rings. The van der Waals surface area contributed by atoms with Crippen molar-refractivity contribution in [1.29, 1.82) is 0 Å². The zero-order chi connectivity index (χ0) is 18.7. The van der Waals surface area contributed by atoms with Gasteiger partial charge in [0.15, 0.2) is 0 Å². The Bertz CT molecular complexity index is 567. The van der Waals surface area contributed by atoms with E-state index in [0.717, 1.165) is 32.4 Å². The number of carbonyl (C=O) groups excluding carboxylic acids is 1.